The summed E-state index contributed by atoms with van der Waals surface area (Å²) in [5.41, 5.74) is 0.936. The molecule has 0 aliphatic carbocycles. The average molecular weight is 255 g/mol. The number of hydrogen-bond acceptors (Lipinski definition) is 3. The van der Waals surface area contributed by atoms with Gasteiger partial charge in [0.2, 0.25) is 0 Å². The zero-order valence-electron chi connectivity index (χ0n) is 7.16. The van der Waals surface area contributed by atoms with Gasteiger partial charge in [-0.1, -0.05) is 28.1 Å². The molecule has 1 heterocycles. The van der Waals surface area contributed by atoms with Gasteiger partial charge in [0.15, 0.2) is 0 Å². The first-order chi connectivity index (χ1) is 6.68. The lowest BCUT2D eigenvalue weighted by atomic mass is 10.1. The van der Waals surface area contributed by atoms with E-state index in [0.29, 0.717) is 5.56 Å². The third kappa shape index (κ3) is 1.53. The fraction of sp³-hybridized carbons (Fsp3) is 0.100. The van der Waals surface area contributed by atoms with Gasteiger partial charge in [-0.2, -0.15) is 0 Å². The number of benzene rings is 1. The van der Waals surface area contributed by atoms with Gasteiger partial charge in [0.25, 0.3) is 0 Å². The van der Waals surface area contributed by atoms with E-state index in [2.05, 4.69) is 20.7 Å². The lowest BCUT2D eigenvalue weighted by Gasteiger charge is -1.99. The molecule has 0 atom stereocenters. The van der Waals surface area contributed by atoms with E-state index in [1.54, 1.807) is 24.3 Å². The monoisotopic (exact) mass is 254 g/mol. The van der Waals surface area contributed by atoms with Crippen molar-refractivity contribution in [2.75, 3.05) is 6.61 Å². The Bertz CT molecular complexity index is 406. The maximum atomic E-state index is 11.2. The molecule has 1 aliphatic heterocycles. The van der Waals surface area contributed by atoms with Crippen molar-refractivity contribution in [1.29, 1.82) is 0 Å². The number of aliphatic hydroxyl groups is 1. The van der Waals surface area contributed by atoms with Gasteiger partial charge in [0.05, 0.1) is 0 Å². The largest absolute Gasteiger partial charge is 0.508 e. The summed E-state index contributed by atoms with van der Waals surface area (Å²) >= 11 is 3.29. The SMILES string of the molecule is O=C1OCC(O)=C1c1ccc(Br)cc1. The number of aliphatic hydroxyl groups excluding tert-OH is 1. The summed E-state index contributed by atoms with van der Waals surface area (Å²) in [6.07, 6.45) is 0. The van der Waals surface area contributed by atoms with Crippen LogP contribution < -0.4 is 0 Å². The molecular weight excluding hydrogens is 248 g/mol. The summed E-state index contributed by atoms with van der Waals surface area (Å²) in [5, 5.41) is 9.40. The predicted molar refractivity (Wildman–Crippen MR) is 54.6 cm³/mol. The van der Waals surface area contributed by atoms with Crippen LogP contribution in [-0.4, -0.2) is 17.7 Å². The second-order valence-electron chi connectivity index (χ2n) is 2.90. The van der Waals surface area contributed by atoms with Crippen molar-refractivity contribution in [2.45, 2.75) is 0 Å². The highest BCUT2D eigenvalue weighted by atomic mass is 79.9. The highest BCUT2D eigenvalue weighted by Gasteiger charge is 2.25. The molecule has 0 saturated heterocycles. The Balaban J connectivity index is 2.44. The van der Waals surface area contributed by atoms with E-state index in [9.17, 15) is 9.90 Å². The van der Waals surface area contributed by atoms with Crippen molar-refractivity contribution >= 4 is 27.5 Å². The maximum absolute atomic E-state index is 11.2. The quantitative estimate of drug-likeness (QED) is 0.783. The molecule has 2 rings (SSSR count). The van der Waals surface area contributed by atoms with Gasteiger partial charge < -0.3 is 9.84 Å². The summed E-state index contributed by atoms with van der Waals surface area (Å²) < 4.78 is 5.61. The van der Waals surface area contributed by atoms with Crippen LogP contribution >= 0.6 is 15.9 Å². The van der Waals surface area contributed by atoms with Crippen molar-refractivity contribution in [3.8, 4) is 0 Å². The molecule has 0 radical (unpaired) electrons. The molecule has 14 heavy (non-hydrogen) atoms. The van der Waals surface area contributed by atoms with Crippen LogP contribution in [0.5, 0.6) is 0 Å². The number of carbonyl (C=O) groups is 1. The summed E-state index contributed by atoms with van der Waals surface area (Å²) in [5.74, 6) is -0.470. The van der Waals surface area contributed by atoms with Crippen LogP contribution in [0.1, 0.15) is 5.56 Å². The molecule has 1 aromatic rings. The van der Waals surface area contributed by atoms with Gasteiger partial charge in [-0.3, -0.25) is 0 Å². The van der Waals surface area contributed by atoms with E-state index >= 15 is 0 Å². The maximum Gasteiger partial charge on any atom is 0.342 e. The Labute approximate surface area is 89.1 Å². The smallest absolute Gasteiger partial charge is 0.342 e. The Morgan fingerprint density at radius 1 is 1.29 bits per heavy atom. The molecule has 72 valence electrons. The van der Waals surface area contributed by atoms with Crippen molar-refractivity contribution in [1.82, 2.24) is 0 Å². The number of cyclic esters (lactones) is 1. The third-order valence-electron chi connectivity index (χ3n) is 1.97. The summed E-state index contributed by atoms with van der Waals surface area (Å²) in [4.78, 5) is 11.2. The molecule has 0 fully saturated rings. The molecule has 1 aromatic carbocycles. The van der Waals surface area contributed by atoms with Crippen LogP contribution in [0.2, 0.25) is 0 Å². The Morgan fingerprint density at radius 3 is 2.43 bits per heavy atom. The third-order valence-corrected chi connectivity index (χ3v) is 2.49. The van der Waals surface area contributed by atoms with Crippen molar-refractivity contribution in [3.05, 3.63) is 40.1 Å². The van der Waals surface area contributed by atoms with Gasteiger partial charge in [-0.15, -0.1) is 0 Å². The van der Waals surface area contributed by atoms with Gasteiger partial charge >= 0.3 is 5.97 Å². The second-order valence-corrected chi connectivity index (χ2v) is 3.82. The predicted octanol–water partition coefficient (Wildman–Crippen LogP) is 2.28. The van der Waals surface area contributed by atoms with Crippen molar-refractivity contribution in [2.24, 2.45) is 0 Å². The van der Waals surface area contributed by atoms with Crippen LogP contribution in [0, 0.1) is 0 Å². The number of rotatable bonds is 1. The topological polar surface area (TPSA) is 46.5 Å². The van der Waals surface area contributed by atoms with Gasteiger partial charge in [0, 0.05) is 4.47 Å². The Morgan fingerprint density at radius 2 is 1.93 bits per heavy atom. The van der Waals surface area contributed by atoms with Crippen molar-refractivity contribution < 1.29 is 14.6 Å². The molecular formula is C10H7BrO3. The fourth-order valence-electron chi connectivity index (χ4n) is 1.30. The second kappa shape index (κ2) is 3.46. The van der Waals surface area contributed by atoms with E-state index in [1.165, 1.54) is 0 Å². The molecule has 1 aliphatic rings. The number of halogens is 1. The zero-order valence-corrected chi connectivity index (χ0v) is 8.74. The summed E-state index contributed by atoms with van der Waals surface area (Å²) in [7, 11) is 0. The summed E-state index contributed by atoms with van der Waals surface area (Å²) in [6.45, 7) is -0.0236. The molecule has 0 bridgehead atoms. The molecule has 0 aromatic heterocycles. The van der Waals surface area contributed by atoms with Gasteiger partial charge in [-0.05, 0) is 17.7 Å². The number of ether oxygens (including phenoxy) is 1. The summed E-state index contributed by atoms with van der Waals surface area (Å²) in [6, 6.07) is 7.12. The van der Waals surface area contributed by atoms with Gasteiger partial charge in [-0.25, -0.2) is 4.79 Å². The van der Waals surface area contributed by atoms with Crippen LogP contribution in [0.15, 0.2) is 34.5 Å². The average Bonchev–Trinajstić information content (AvgIpc) is 2.49. The number of carbonyl (C=O) groups excluding carboxylic acids is 1. The minimum absolute atomic E-state index is 0.00248. The molecule has 0 spiro atoms. The lowest BCUT2D eigenvalue weighted by Crippen LogP contribution is -1.98. The molecule has 0 saturated carbocycles. The van der Waals surface area contributed by atoms with Crippen LogP contribution in [-0.2, 0) is 9.53 Å². The van der Waals surface area contributed by atoms with E-state index in [4.69, 9.17) is 0 Å². The van der Waals surface area contributed by atoms with E-state index in [0.717, 1.165) is 4.47 Å². The zero-order chi connectivity index (χ0) is 10.1. The minimum atomic E-state index is -0.468. The number of esters is 1. The number of hydrogen-bond donors (Lipinski definition) is 1. The fourth-order valence-corrected chi connectivity index (χ4v) is 1.56. The standard InChI is InChI=1S/C10H7BrO3/c11-7-3-1-6(2-4-7)9-8(12)5-14-10(9)13/h1-4,12H,5H2. The van der Waals surface area contributed by atoms with E-state index in [-0.39, 0.29) is 17.9 Å². The van der Waals surface area contributed by atoms with E-state index in [1.807, 2.05) is 0 Å². The van der Waals surface area contributed by atoms with Crippen LogP contribution in [0.3, 0.4) is 0 Å². The first kappa shape index (κ1) is 9.27. The molecule has 3 nitrogen and oxygen atoms in total. The molecule has 0 unspecified atom stereocenters. The highest BCUT2D eigenvalue weighted by molar-refractivity contribution is 9.10. The first-order valence-corrected chi connectivity index (χ1v) is 4.83. The Hall–Kier alpha value is -1.29. The van der Waals surface area contributed by atoms with Crippen LogP contribution in [0.25, 0.3) is 5.57 Å². The van der Waals surface area contributed by atoms with Crippen molar-refractivity contribution in [3.63, 3.8) is 0 Å². The van der Waals surface area contributed by atoms with E-state index < -0.39 is 5.97 Å². The minimum Gasteiger partial charge on any atom is -0.508 e. The lowest BCUT2D eigenvalue weighted by molar-refractivity contribution is -0.134. The first-order valence-electron chi connectivity index (χ1n) is 4.03. The molecule has 0 amide bonds. The Kier molecular flexibility index (Phi) is 2.29. The van der Waals surface area contributed by atoms with Crippen LogP contribution in [0.4, 0.5) is 0 Å². The van der Waals surface area contributed by atoms with Gasteiger partial charge in [0.1, 0.15) is 17.9 Å². The molecule has 4 heteroatoms. The normalized spacial score (nSPS) is 15.9. The molecule has 1 N–H and O–H groups in total. The highest BCUT2D eigenvalue weighted by Crippen LogP contribution is 2.25.